The highest BCUT2D eigenvalue weighted by atomic mass is 35.5. The predicted molar refractivity (Wildman–Crippen MR) is 56.5 cm³/mol. The van der Waals surface area contributed by atoms with Gasteiger partial charge in [-0.2, -0.15) is 0 Å². The zero-order valence-corrected chi connectivity index (χ0v) is 9.86. The first-order chi connectivity index (χ1) is 7.20. The Kier molecular flexibility index (Phi) is 3.53. The summed E-state index contributed by atoms with van der Waals surface area (Å²) in [6, 6.07) is 1.47. The molecule has 0 fully saturated rings. The molecule has 0 aliphatic rings. The summed E-state index contributed by atoms with van der Waals surface area (Å²) in [5.41, 5.74) is -0.902. The quantitative estimate of drug-likeness (QED) is 0.561. The molecule has 0 unspecified atom stereocenters. The molecule has 1 aromatic rings. The fraction of sp³-hybridized carbons (Fsp3) is 0.364. The molecule has 0 heterocycles. The molecular weight excluding hydrogens is 238 g/mol. The topological polar surface area (TPSA) is 26.3 Å². The summed E-state index contributed by atoms with van der Waals surface area (Å²) >= 11 is 5.62. The summed E-state index contributed by atoms with van der Waals surface area (Å²) in [4.78, 5) is 11.5. The lowest BCUT2D eigenvalue weighted by atomic mass is 10.1. The summed E-state index contributed by atoms with van der Waals surface area (Å²) in [6.45, 7) is 5.00. The Bertz CT molecular complexity index is 425. The molecule has 1 rings (SSSR count). The van der Waals surface area contributed by atoms with E-state index in [4.69, 9.17) is 16.3 Å². The number of carbonyl (C=O) groups excluding carboxylic acids is 1. The number of halogens is 3. The van der Waals surface area contributed by atoms with Gasteiger partial charge in [-0.1, -0.05) is 11.6 Å². The average molecular weight is 249 g/mol. The molecule has 0 aromatic heterocycles. The predicted octanol–water partition coefficient (Wildman–Crippen LogP) is 3.57. The van der Waals surface area contributed by atoms with Gasteiger partial charge in [0, 0.05) is 0 Å². The lowest BCUT2D eigenvalue weighted by Crippen LogP contribution is -2.24. The van der Waals surface area contributed by atoms with Crippen molar-refractivity contribution in [2.45, 2.75) is 26.4 Å². The molecule has 0 saturated carbocycles. The second-order valence-corrected chi connectivity index (χ2v) is 4.66. The van der Waals surface area contributed by atoms with Gasteiger partial charge in [0.2, 0.25) is 0 Å². The molecule has 0 aliphatic heterocycles. The number of ether oxygens (including phenoxy) is 1. The fourth-order valence-corrected chi connectivity index (χ4v) is 1.24. The molecule has 2 nitrogen and oxygen atoms in total. The van der Waals surface area contributed by atoms with E-state index in [0.29, 0.717) is 0 Å². The van der Waals surface area contributed by atoms with E-state index in [1.165, 1.54) is 0 Å². The Labute approximate surface area is 97.2 Å². The van der Waals surface area contributed by atoms with Crippen LogP contribution in [0.25, 0.3) is 0 Å². The van der Waals surface area contributed by atoms with E-state index < -0.39 is 23.2 Å². The van der Waals surface area contributed by atoms with Gasteiger partial charge < -0.3 is 4.74 Å². The molecule has 0 N–H and O–H groups in total. The van der Waals surface area contributed by atoms with E-state index in [1.807, 2.05) is 0 Å². The van der Waals surface area contributed by atoms with E-state index in [1.54, 1.807) is 20.8 Å². The molecule has 0 spiro atoms. The Morgan fingerprint density at radius 1 is 1.25 bits per heavy atom. The summed E-state index contributed by atoms with van der Waals surface area (Å²) < 4.78 is 30.6. The second-order valence-electron chi connectivity index (χ2n) is 4.25. The zero-order chi connectivity index (χ0) is 12.5. The third-order valence-electron chi connectivity index (χ3n) is 1.63. The molecule has 0 atom stereocenters. The van der Waals surface area contributed by atoms with Crippen LogP contribution in [0, 0.1) is 11.6 Å². The highest BCUT2D eigenvalue weighted by Crippen LogP contribution is 2.22. The van der Waals surface area contributed by atoms with Crippen molar-refractivity contribution in [3.05, 3.63) is 34.4 Å². The van der Waals surface area contributed by atoms with Gasteiger partial charge in [0.15, 0.2) is 11.6 Å². The van der Waals surface area contributed by atoms with Gasteiger partial charge in [0.25, 0.3) is 0 Å². The van der Waals surface area contributed by atoms with Crippen LogP contribution in [0.5, 0.6) is 0 Å². The van der Waals surface area contributed by atoms with Gasteiger partial charge in [0.1, 0.15) is 5.60 Å². The van der Waals surface area contributed by atoms with Crippen LogP contribution in [0.2, 0.25) is 5.02 Å². The maximum absolute atomic E-state index is 12.9. The van der Waals surface area contributed by atoms with Crippen molar-refractivity contribution < 1.29 is 18.3 Å². The first kappa shape index (κ1) is 12.9. The van der Waals surface area contributed by atoms with Crippen LogP contribution in [0.15, 0.2) is 12.1 Å². The van der Waals surface area contributed by atoms with Crippen LogP contribution < -0.4 is 0 Å². The molecule has 1 aromatic carbocycles. The number of carbonyl (C=O) groups is 1. The fourth-order valence-electron chi connectivity index (χ4n) is 1.01. The van der Waals surface area contributed by atoms with Crippen LogP contribution in [0.3, 0.4) is 0 Å². The molecule has 0 bridgehead atoms. The highest BCUT2D eigenvalue weighted by Gasteiger charge is 2.21. The van der Waals surface area contributed by atoms with Gasteiger partial charge in [-0.25, -0.2) is 13.6 Å². The minimum atomic E-state index is -1.13. The molecule has 0 saturated heterocycles. The zero-order valence-electron chi connectivity index (χ0n) is 9.11. The molecule has 0 radical (unpaired) electrons. The van der Waals surface area contributed by atoms with Gasteiger partial charge in [-0.3, -0.25) is 0 Å². The standard InChI is InChI=1S/C11H11ClF2O2/c1-11(2,3)16-10(15)6-4-8(13)9(14)5-7(6)12/h4-5H,1-3H3. The van der Waals surface area contributed by atoms with E-state index in [0.717, 1.165) is 12.1 Å². The van der Waals surface area contributed by atoms with Crippen molar-refractivity contribution in [1.82, 2.24) is 0 Å². The molecule has 0 amide bonds. The summed E-state index contributed by atoms with van der Waals surface area (Å²) in [6.07, 6.45) is 0. The van der Waals surface area contributed by atoms with Crippen LogP contribution in [0.4, 0.5) is 8.78 Å². The Morgan fingerprint density at radius 3 is 2.25 bits per heavy atom. The first-order valence-electron chi connectivity index (χ1n) is 4.58. The summed E-state index contributed by atoms with van der Waals surface area (Å²) in [5.74, 6) is -3.01. The minimum absolute atomic E-state index is 0.173. The molecular formula is C11H11ClF2O2. The normalized spacial score (nSPS) is 11.4. The van der Waals surface area contributed by atoms with Crippen LogP contribution in [0.1, 0.15) is 31.1 Å². The SMILES string of the molecule is CC(C)(C)OC(=O)c1cc(F)c(F)cc1Cl. The number of hydrogen-bond donors (Lipinski definition) is 0. The largest absolute Gasteiger partial charge is 0.456 e. The van der Waals surface area contributed by atoms with Gasteiger partial charge in [0.05, 0.1) is 10.6 Å². The lowest BCUT2D eigenvalue weighted by molar-refractivity contribution is 0.00691. The molecule has 16 heavy (non-hydrogen) atoms. The van der Waals surface area contributed by atoms with Gasteiger partial charge >= 0.3 is 5.97 Å². The number of rotatable bonds is 1. The maximum atomic E-state index is 12.9. The van der Waals surface area contributed by atoms with Gasteiger partial charge in [-0.05, 0) is 32.9 Å². The summed E-state index contributed by atoms with van der Waals surface area (Å²) in [7, 11) is 0. The maximum Gasteiger partial charge on any atom is 0.340 e. The number of esters is 1. The second kappa shape index (κ2) is 4.37. The monoisotopic (exact) mass is 248 g/mol. The van der Waals surface area contributed by atoms with E-state index in [9.17, 15) is 13.6 Å². The third kappa shape index (κ3) is 3.17. The number of benzene rings is 1. The average Bonchev–Trinajstić information content (AvgIpc) is 2.08. The van der Waals surface area contributed by atoms with E-state index in [2.05, 4.69) is 0 Å². The molecule has 5 heteroatoms. The Hall–Kier alpha value is -1.16. The smallest absolute Gasteiger partial charge is 0.340 e. The Morgan fingerprint density at radius 2 is 1.75 bits per heavy atom. The highest BCUT2D eigenvalue weighted by molar-refractivity contribution is 6.33. The third-order valence-corrected chi connectivity index (χ3v) is 1.94. The molecule has 0 aliphatic carbocycles. The van der Waals surface area contributed by atoms with Crippen molar-refractivity contribution >= 4 is 17.6 Å². The first-order valence-corrected chi connectivity index (χ1v) is 4.96. The van der Waals surface area contributed by atoms with Crippen LogP contribution >= 0.6 is 11.6 Å². The van der Waals surface area contributed by atoms with Crippen molar-refractivity contribution in [2.75, 3.05) is 0 Å². The van der Waals surface area contributed by atoms with Gasteiger partial charge in [-0.15, -0.1) is 0 Å². The van der Waals surface area contributed by atoms with Crippen LogP contribution in [-0.4, -0.2) is 11.6 Å². The van der Waals surface area contributed by atoms with Crippen LogP contribution in [-0.2, 0) is 4.74 Å². The van der Waals surface area contributed by atoms with E-state index in [-0.39, 0.29) is 10.6 Å². The van der Waals surface area contributed by atoms with Crippen molar-refractivity contribution in [2.24, 2.45) is 0 Å². The van der Waals surface area contributed by atoms with Crippen molar-refractivity contribution in [1.29, 1.82) is 0 Å². The summed E-state index contributed by atoms with van der Waals surface area (Å²) in [5, 5.41) is -0.173. The van der Waals surface area contributed by atoms with E-state index >= 15 is 0 Å². The molecule has 88 valence electrons. The van der Waals surface area contributed by atoms with Crippen molar-refractivity contribution in [3.63, 3.8) is 0 Å². The van der Waals surface area contributed by atoms with Crippen molar-refractivity contribution in [3.8, 4) is 0 Å². The Balaban J connectivity index is 3.05. The lowest BCUT2D eigenvalue weighted by Gasteiger charge is -2.19. The number of hydrogen-bond acceptors (Lipinski definition) is 2. The minimum Gasteiger partial charge on any atom is -0.456 e.